The third-order valence-corrected chi connectivity index (χ3v) is 4.22. The Labute approximate surface area is 155 Å². The molecule has 1 aromatic carbocycles. The maximum atomic E-state index is 12.5. The molecule has 1 rings (SSSR count). The molecule has 0 bridgehead atoms. The van der Waals surface area contributed by atoms with Crippen molar-refractivity contribution in [3.05, 3.63) is 35.9 Å². The van der Waals surface area contributed by atoms with E-state index in [4.69, 9.17) is 10.5 Å². The predicted molar refractivity (Wildman–Crippen MR) is 104 cm³/mol. The normalized spacial score (nSPS) is 13.9. The van der Waals surface area contributed by atoms with Crippen LogP contribution in [-0.2, 0) is 9.53 Å². The minimum atomic E-state index is -1.14. The molecule has 144 valence electrons. The van der Waals surface area contributed by atoms with Gasteiger partial charge < -0.3 is 15.6 Å². The number of para-hydroxylation sites is 1. The largest absolute Gasteiger partial charge is 0.480 e. The number of nitrogen functional groups attached to an aromatic ring is 1. The van der Waals surface area contributed by atoms with Crippen molar-refractivity contribution in [3.8, 4) is 0 Å². The molecule has 3 N–H and O–H groups in total. The fourth-order valence-corrected chi connectivity index (χ4v) is 3.16. The first-order valence-electron chi connectivity index (χ1n) is 8.53. The molecule has 0 heterocycles. The topological polar surface area (TPSA) is 92.9 Å². The molecule has 6 heteroatoms. The SMILES string of the molecule is C/C=C(\c1ccccc1N)C(C)(C)[C@@H](C(=O)O)N(C)C(=O)OC(C)(C)C. The first kappa shape index (κ1) is 21.5. The van der Waals surface area contributed by atoms with Crippen molar-refractivity contribution in [1.29, 1.82) is 0 Å². The van der Waals surface area contributed by atoms with Crippen LogP contribution in [0.5, 0.6) is 0 Å². The first-order chi connectivity index (χ1) is 11.8. The monoisotopic (exact) mass is 362 g/mol. The number of aliphatic carboxylic acids is 1. The summed E-state index contributed by atoms with van der Waals surface area (Å²) in [6.45, 7) is 10.6. The van der Waals surface area contributed by atoms with Gasteiger partial charge >= 0.3 is 12.1 Å². The van der Waals surface area contributed by atoms with Gasteiger partial charge in [0.15, 0.2) is 0 Å². The van der Waals surface area contributed by atoms with Crippen LogP contribution in [0.4, 0.5) is 10.5 Å². The number of carboxylic acids is 1. The number of ether oxygens (including phenoxy) is 1. The quantitative estimate of drug-likeness (QED) is 0.772. The number of benzene rings is 1. The van der Waals surface area contributed by atoms with E-state index in [1.165, 1.54) is 7.05 Å². The third kappa shape index (κ3) is 4.77. The second-order valence-electron chi connectivity index (χ2n) is 7.84. The Hall–Kier alpha value is -2.50. The highest BCUT2D eigenvalue weighted by molar-refractivity contribution is 5.87. The van der Waals surface area contributed by atoms with Crippen molar-refractivity contribution in [3.63, 3.8) is 0 Å². The van der Waals surface area contributed by atoms with Gasteiger partial charge in [0.25, 0.3) is 0 Å². The van der Waals surface area contributed by atoms with Crippen molar-refractivity contribution in [2.75, 3.05) is 12.8 Å². The second kappa shape index (κ2) is 7.81. The number of amides is 1. The van der Waals surface area contributed by atoms with E-state index in [1.807, 2.05) is 31.2 Å². The van der Waals surface area contributed by atoms with Crippen LogP contribution < -0.4 is 5.73 Å². The number of carboxylic acid groups (broad SMARTS) is 1. The van der Waals surface area contributed by atoms with Crippen LogP contribution in [0, 0.1) is 5.41 Å². The Kier molecular flexibility index (Phi) is 6.47. The molecule has 1 atom stereocenters. The first-order valence-corrected chi connectivity index (χ1v) is 8.53. The molecule has 0 aromatic heterocycles. The summed E-state index contributed by atoms with van der Waals surface area (Å²) in [5, 5.41) is 9.88. The molecule has 0 saturated heterocycles. The minimum absolute atomic E-state index is 0.553. The van der Waals surface area contributed by atoms with Crippen molar-refractivity contribution in [1.82, 2.24) is 4.90 Å². The number of nitrogens with zero attached hydrogens (tertiary/aromatic N) is 1. The molecular formula is C20H30N2O4. The van der Waals surface area contributed by atoms with E-state index in [-0.39, 0.29) is 0 Å². The Bertz CT molecular complexity index is 702. The minimum Gasteiger partial charge on any atom is -0.480 e. The molecule has 0 aliphatic heterocycles. The van der Waals surface area contributed by atoms with Crippen LogP contribution in [-0.4, -0.2) is 40.8 Å². The van der Waals surface area contributed by atoms with Gasteiger partial charge in [0.1, 0.15) is 11.6 Å². The maximum Gasteiger partial charge on any atom is 0.410 e. The molecule has 0 unspecified atom stereocenters. The van der Waals surface area contributed by atoms with E-state index < -0.39 is 29.1 Å². The summed E-state index contributed by atoms with van der Waals surface area (Å²) in [5.41, 5.74) is 6.52. The summed E-state index contributed by atoms with van der Waals surface area (Å²) in [4.78, 5) is 25.7. The lowest BCUT2D eigenvalue weighted by Gasteiger charge is -2.40. The molecule has 0 fully saturated rings. The van der Waals surface area contributed by atoms with Crippen molar-refractivity contribution < 1.29 is 19.4 Å². The summed E-state index contributed by atoms with van der Waals surface area (Å²) < 4.78 is 5.35. The zero-order valence-electron chi connectivity index (χ0n) is 16.7. The van der Waals surface area contributed by atoms with E-state index in [1.54, 1.807) is 40.7 Å². The van der Waals surface area contributed by atoms with Gasteiger partial charge in [-0.15, -0.1) is 0 Å². The van der Waals surface area contributed by atoms with Crippen LogP contribution in [0.3, 0.4) is 0 Å². The van der Waals surface area contributed by atoms with E-state index in [0.717, 1.165) is 16.0 Å². The highest BCUT2D eigenvalue weighted by atomic mass is 16.6. The summed E-state index contributed by atoms with van der Waals surface area (Å²) in [6.07, 6.45) is 1.15. The van der Waals surface area contributed by atoms with Gasteiger partial charge in [-0.2, -0.15) is 0 Å². The molecule has 26 heavy (non-hydrogen) atoms. The molecule has 6 nitrogen and oxygen atoms in total. The summed E-state index contributed by atoms with van der Waals surface area (Å²) in [5.74, 6) is -1.11. The fourth-order valence-electron chi connectivity index (χ4n) is 3.16. The number of hydrogen-bond donors (Lipinski definition) is 2. The summed E-state index contributed by atoms with van der Waals surface area (Å²) in [6, 6.07) is 6.14. The number of anilines is 1. The Morgan fingerprint density at radius 1 is 1.19 bits per heavy atom. The Morgan fingerprint density at radius 3 is 2.15 bits per heavy atom. The van der Waals surface area contributed by atoms with Crippen LogP contribution in [0.2, 0.25) is 0 Å². The Morgan fingerprint density at radius 2 is 1.73 bits per heavy atom. The van der Waals surface area contributed by atoms with Gasteiger partial charge in [-0.25, -0.2) is 9.59 Å². The second-order valence-corrected chi connectivity index (χ2v) is 7.84. The number of rotatable bonds is 5. The van der Waals surface area contributed by atoms with Gasteiger partial charge in [0.05, 0.1) is 0 Å². The summed E-state index contributed by atoms with van der Waals surface area (Å²) in [7, 11) is 1.44. The standard InChI is InChI=1S/C20H30N2O4/c1-8-14(13-11-9-10-12-15(13)21)20(5,6)16(17(23)24)22(7)18(25)26-19(2,3)4/h8-12,16H,21H2,1-7H3,(H,23,24)/b14-8+/t16-/m1/s1. The van der Waals surface area contributed by atoms with E-state index in [9.17, 15) is 14.7 Å². The number of likely N-dealkylation sites (N-methyl/N-ethyl adjacent to an activating group) is 1. The highest BCUT2D eigenvalue weighted by Crippen LogP contribution is 2.41. The highest BCUT2D eigenvalue weighted by Gasteiger charge is 2.44. The molecule has 1 amide bonds. The number of hydrogen-bond acceptors (Lipinski definition) is 4. The maximum absolute atomic E-state index is 12.5. The zero-order chi connectivity index (χ0) is 20.3. The fraction of sp³-hybridized carbons (Fsp3) is 0.500. The number of nitrogens with two attached hydrogens (primary N) is 1. The third-order valence-electron chi connectivity index (χ3n) is 4.22. The van der Waals surface area contributed by atoms with Crippen molar-refractivity contribution in [2.45, 2.75) is 53.2 Å². The average Bonchev–Trinajstić information content (AvgIpc) is 2.47. The molecule has 1 aromatic rings. The Balaban J connectivity index is 3.35. The smallest absolute Gasteiger partial charge is 0.410 e. The molecule has 0 aliphatic carbocycles. The predicted octanol–water partition coefficient (Wildman–Crippen LogP) is 4.02. The lowest BCUT2D eigenvalue weighted by molar-refractivity contribution is -0.145. The van der Waals surface area contributed by atoms with Gasteiger partial charge in [0.2, 0.25) is 0 Å². The van der Waals surface area contributed by atoms with E-state index in [2.05, 4.69) is 0 Å². The van der Waals surface area contributed by atoms with Crippen LogP contribution in [0.25, 0.3) is 5.57 Å². The van der Waals surface area contributed by atoms with Crippen LogP contribution in [0.1, 0.15) is 47.1 Å². The molecular weight excluding hydrogens is 332 g/mol. The number of carbonyl (C=O) groups excluding carboxylic acids is 1. The van der Waals surface area contributed by atoms with Crippen LogP contribution in [0.15, 0.2) is 30.3 Å². The average molecular weight is 362 g/mol. The lowest BCUT2D eigenvalue weighted by Crippen LogP contribution is -2.52. The molecule has 0 radical (unpaired) electrons. The van der Waals surface area contributed by atoms with Gasteiger partial charge in [0, 0.05) is 23.7 Å². The van der Waals surface area contributed by atoms with Gasteiger partial charge in [-0.05, 0) is 39.3 Å². The zero-order valence-corrected chi connectivity index (χ0v) is 16.7. The molecule has 0 spiro atoms. The summed E-state index contributed by atoms with van der Waals surface area (Å²) >= 11 is 0. The van der Waals surface area contributed by atoms with Crippen molar-refractivity contribution >= 4 is 23.3 Å². The number of allylic oxidation sites excluding steroid dienone is 1. The van der Waals surface area contributed by atoms with Crippen LogP contribution >= 0.6 is 0 Å². The van der Waals surface area contributed by atoms with Gasteiger partial charge in [-0.1, -0.05) is 38.1 Å². The molecule has 0 saturated carbocycles. The molecule has 0 aliphatic rings. The van der Waals surface area contributed by atoms with E-state index in [0.29, 0.717) is 5.69 Å². The number of carbonyl (C=O) groups is 2. The van der Waals surface area contributed by atoms with E-state index >= 15 is 0 Å². The van der Waals surface area contributed by atoms with Gasteiger partial charge in [-0.3, -0.25) is 4.90 Å². The lowest BCUT2D eigenvalue weighted by atomic mass is 9.73. The van der Waals surface area contributed by atoms with Crippen molar-refractivity contribution in [2.24, 2.45) is 5.41 Å².